The average molecular weight is 435 g/mol. The van der Waals surface area contributed by atoms with Crippen molar-refractivity contribution < 1.29 is 23.8 Å². The first-order valence-electron chi connectivity index (χ1n) is 10.1. The van der Waals surface area contributed by atoms with Crippen LogP contribution in [0.25, 0.3) is 5.76 Å². The smallest absolute Gasteiger partial charge is 0.295 e. The Kier molecular flexibility index (Phi) is 6.02. The highest BCUT2D eigenvalue weighted by atomic mass is 19.1. The number of nitrogens with zero attached hydrogens (tertiary/aromatic N) is 3. The molecule has 1 fully saturated rings. The fourth-order valence-electron chi connectivity index (χ4n) is 3.90. The molecule has 0 bridgehead atoms. The number of aryl methyl sites for hydroxylation is 1. The number of carbonyl (C=O) groups excluding carboxylic acids is 2. The zero-order valence-corrected chi connectivity index (χ0v) is 17.4. The van der Waals surface area contributed by atoms with Crippen molar-refractivity contribution in [2.75, 3.05) is 13.7 Å². The van der Waals surface area contributed by atoms with Crippen LogP contribution in [0.3, 0.4) is 0 Å². The Bertz CT molecular complexity index is 1170. The molecule has 0 radical (unpaired) electrons. The van der Waals surface area contributed by atoms with Gasteiger partial charge in [0.1, 0.15) is 17.3 Å². The topological polar surface area (TPSA) is 84.7 Å². The zero-order chi connectivity index (χ0) is 22.7. The number of halogens is 1. The largest absolute Gasteiger partial charge is 0.507 e. The molecule has 1 atom stereocenters. The van der Waals surface area contributed by atoms with Crippen molar-refractivity contribution in [1.29, 1.82) is 0 Å². The number of rotatable bonds is 7. The number of benzene rings is 2. The highest BCUT2D eigenvalue weighted by Crippen LogP contribution is 2.40. The van der Waals surface area contributed by atoms with Crippen molar-refractivity contribution in [2.45, 2.75) is 19.0 Å². The van der Waals surface area contributed by atoms with Crippen LogP contribution < -0.4 is 4.74 Å². The lowest BCUT2D eigenvalue weighted by Crippen LogP contribution is -2.31. The molecule has 1 N–H and O–H groups in total. The van der Waals surface area contributed by atoms with Crippen LogP contribution in [0.15, 0.2) is 72.8 Å². The number of imidazole rings is 1. The third-order valence-corrected chi connectivity index (χ3v) is 5.42. The quantitative estimate of drug-likeness (QED) is 0.349. The van der Waals surface area contributed by atoms with Crippen molar-refractivity contribution in [2.24, 2.45) is 0 Å². The van der Waals surface area contributed by atoms with E-state index in [1.165, 1.54) is 30.2 Å². The number of carbonyl (C=O) groups is 2. The summed E-state index contributed by atoms with van der Waals surface area (Å²) in [5.74, 6) is -1.86. The Morgan fingerprint density at radius 1 is 1.16 bits per heavy atom. The predicted molar refractivity (Wildman–Crippen MR) is 115 cm³/mol. The molecule has 2 aromatic carbocycles. The second-order valence-corrected chi connectivity index (χ2v) is 7.43. The predicted octanol–water partition coefficient (Wildman–Crippen LogP) is 3.54. The Labute approximate surface area is 184 Å². The molecule has 0 spiro atoms. The summed E-state index contributed by atoms with van der Waals surface area (Å²) < 4.78 is 21.1. The van der Waals surface area contributed by atoms with Crippen LogP contribution in [-0.2, 0) is 16.1 Å². The first kappa shape index (κ1) is 21.3. The molecule has 32 heavy (non-hydrogen) atoms. The number of methoxy groups -OCH3 is 1. The van der Waals surface area contributed by atoms with E-state index >= 15 is 0 Å². The Hall–Kier alpha value is -3.94. The van der Waals surface area contributed by atoms with Gasteiger partial charge in [0.25, 0.3) is 11.7 Å². The van der Waals surface area contributed by atoms with E-state index < -0.39 is 23.5 Å². The molecule has 8 heteroatoms. The Balaban J connectivity index is 1.75. The van der Waals surface area contributed by atoms with Crippen molar-refractivity contribution in [1.82, 2.24) is 14.5 Å². The standard InChI is InChI=1S/C24H22FN3O4/c1-32-19-8-3-6-17(14-19)22(29)20-21(16-5-2-7-18(25)13-16)28(24(31)23(20)30)11-4-10-27-12-9-26-15-27/h2-3,5-9,12-15,21,29H,4,10-11H2,1H3/b22-20+. The molecule has 2 heterocycles. The summed E-state index contributed by atoms with van der Waals surface area (Å²) in [6.07, 6.45) is 5.68. The maximum absolute atomic E-state index is 14.0. The molecule has 1 aliphatic rings. The van der Waals surface area contributed by atoms with Crippen LogP contribution in [0.1, 0.15) is 23.6 Å². The second-order valence-electron chi connectivity index (χ2n) is 7.43. The van der Waals surface area contributed by atoms with Crippen molar-refractivity contribution >= 4 is 17.4 Å². The van der Waals surface area contributed by atoms with E-state index in [0.717, 1.165) is 0 Å². The van der Waals surface area contributed by atoms with Gasteiger partial charge in [0, 0.05) is 31.0 Å². The molecule has 1 saturated heterocycles. The van der Waals surface area contributed by atoms with Gasteiger partial charge in [0.15, 0.2) is 0 Å². The minimum Gasteiger partial charge on any atom is -0.507 e. The van der Waals surface area contributed by atoms with Gasteiger partial charge in [-0.3, -0.25) is 9.59 Å². The minimum absolute atomic E-state index is 0.0727. The van der Waals surface area contributed by atoms with Crippen LogP contribution in [0.4, 0.5) is 4.39 Å². The van der Waals surface area contributed by atoms with Crippen LogP contribution in [0.5, 0.6) is 5.75 Å². The van der Waals surface area contributed by atoms with Gasteiger partial charge < -0.3 is 19.3 Å². The first-order chi connectivity index (χ1) is 15.5. The lowest BCUT2D eigenvalue weighted by Gasteiger charge is -2.25. The van der Waals surface area contributed by atoms with E-state index in [0.29, 0.717) is 29.8 Å². The normalized spacial score (nSPS) is 17.7. The highest BCUT2D eigenvalue weighted by molar-refractivity contribution is 6.46. The van der Waals surface area contributed by atoms with Crippen molar-refractivity contribution in [3.63, 3.8) is 0 Å². The summed E-state index contributed by atoms with van der Waals surface area (Å²) in [4.78, 5) is 31.3. The summed E-state index contributed by atoms with van der Waals surface area (Å²) >= 11 is 0. The SMILES string of the molecule is COc1cccc(/C(O)=C2\C(=O)C(=O)N(CCCn3ccnc3)C2c2cccc(F)c2)c1. The molecule has 0 saturated carbocycles. The molecule has 1 aromatic heterocycles. The second kappa shape index (κ2) is 9.05. The Morgan fingerprint density at radius 2 is 1.97 bits per heavy atom. The number of hydrogen-bond acceptors (Lipinski definition) is 5. The van der Waals surface area contributed by atoms with Crippen molar-refractivity contribution in [3.05, 3.63) is 89.8 Å². The number of ketones is 1. The molecule has 1 unspecified atom stereocenters. The van der Waals surface area contributed by atoms with E-state index in [1.54, 1.807) is 49.1 Å². The van der Waals surface area contributed by atoms with Gasteiger partial charge in [-0.05, 0) is 36.2 Å². The van der Waals surface area contributed by atoms with E-state index in [9.17, 15) is 19.1 Å². The van der Waals surface area contributed by atoms with E-state index in [-0.39, 0.29) is 17.9 Å². The number of aliphatic hydroxyl groups excluding tert-OH is 1. The molecule has 3 aromatic rings. The van der Waals surface area contributed by atoms with Gasteiger partial charge in [0.2, 0.25) is 0 Å². The molecular weight excluding hydrogens is 413 g/mol. The van der Waals surface area contributed by atoms with Crippen LogP contribution in [-0.4, -0.2) is 44.9 Å². The lowest BCUT2D eigenvalue weighted by atomic mass is 9.95. The average Bonchev–Trinajstić information content (AvgIpc) is 3.41. The van der Waals surface area contributed by atoms with Crippen LogP contribution in [0.2, 0.25) is 0 Å². The third kappa shape index (κ3) is 4.12. The summed E-state index contributed by atoms with van der Waals surface area (Å²) in [6, 6.07) is 11.4. The molecule has 1 aliphatic heterocycles. The van der Waals surface area contributed by atoms with Gasteiger partial charge in [-0.1, -0.05) is 24.3 Å². The maximum atomic E-state index is 14.0. The van der Waals surface area contributed by atoms with Gasteiger partial charge in [-0.2, -0.15) is 0 Å². The molecule has 4 rings (SSSR count). The third-order valence-electron chi connectivity index (χ3n) is 5.42. The summed E-state index contributed by atoms with van der Waals surface area (Å²) in [6.45, 7) is 0.841. The summed E-state index contributed by atoms with van der Waals surface area (Å²) in [7, 11) is 1.49. The highest BCUT2D eigenvalue weighted by Gasteiger charge is 2.45. The van der Waals surface area contributed by atoms with Crippen LogP contribution >= 0.6 is 0 Å². The summed E-state index contributed by atoms with van der Waals surface area (Å²) in [5.41, 5.74) is 0.676. The van der Waals surface area contributed by atoms with Crippen LogP contribution in [0, 0.1) is 5.82 Å². The first-order valence-corrected chi connectivity index (χ1v) is 10.1. The lowest BCUT2D eigenvalue weighted by molar-refractivity contribution is -0.139. The number of aromatic nitrogens is 2. The Morgan fingerprint density at radius 3 is 2.69 bits per heavy atom. The monoisotopic (exact) mass is 435 g/mol. The number of aliphatic hydroxyl groups is 1. The number of Topliss-reactive ketones (excluding diaryl/α,β-unsaturated/α-hetero) is 1. The van der Waals surface area contributed by atoms with Gasteiger partial charge >= 0.3 is 0 Å². The van der Waals surface area contributed by atoms with E-state index in [2.05, 4.69) is 4.98 Å². The molecule has 164 valence electrons. The number of amides is 1. The van der Waals surface area contributed by atoms with E-state index in [4.69, 9.17) is 4.74 Å². The molecule has 0 aliphatic carbocycles. The minimum atomic E-state index is -0.903. The van der Waals surface area contributed by atoms with Gasteiger partial charge in [-0.15, -0.1) is 0 Å². The fraction of sp³-hybridized carbons (Fsp3) is 0.208. The number of likely N-dealkylation sites (tertiary alicyclic amines) is 1. The fourth-order valence-corrected chi connectivity index (χ4v) is 3.90. The summed E-state index contributed by atoms with van der Waals surface area (Å²) in [5, 5.41) is 11.0. The van der Waals surface area contributed by atoms with Gasteiger partial charge in [-0.25, -0.2) is 9.37 Å². The number of hydrogen-bond donors (Lipinski definition) is 1. The maximum Gasteiger partial charge on any atom is 0.295 e. The zero-order valence-electron chi connectivity index (χ0n) is 17.4. The van der Waals surface area contributed by atoms with Gasteiger partial charge in [0.05, 0.1) is 25.1 Å². The van der Waals surface area contributed by atoms with Crippen molar-refractivity contribution in [3.8, 4) is 5.75 Å². The molecule has 7 nitrogen and oxygen atoms in total. The van der Waals surface area contributed by atoms with E-state index in [1.807, 2.05) is 4.57 Å². The molecule has 1 amide bonds. The number of ether oxygens (including phenoxy) is 1. The molecular formula is C24H22FN3O4.